The second kappa shape index (κ2) is 6.26. The third kappa shape index (κ3) is 3.86. The Hall–Kier alpha value is -1.98. The molecule has 1 aliphatic rings. The summed E-state index contributed by atoms with van der Waals surface area (Å²) in [6.07, 6.45) is 3.35. The molecule has 5 heteroatoms. The number of amides is 2. The standard InChI is InChI=1S/C18H23NO4/c1-6-17(2,3)22-23-18(4,5)13-8-7-9-14(12-13)19-15(20)10-11-16(19)21/h7-12H,6H2,1-5H3. The molecule has 0 saturated carbocycles. The van der Waals surface area contributed by atoms with Gasteiger partial charge < -0.3 is 0 Å². The fourth-order valence-electron chi connectivity index (χ4n) is 2.00. The van der Waals surface area contributed by atoms with Crippen LogP contribution in [0.3, 0.4) is 0 Å². The number of hydrogen-bond donors (Lipinski definition) is 0. The van der Waals surface area contributed by atoms with Crippen LogP contribution in [0.4, 0.5) is 5.69 Å². The van der Waals surface area contributed by atoms with E-state index in [1.54, 1.807) is 18.2 Å². The zero-order chi connectivity index (χ0) is 17.3. The lowest BCUT2D eigenvalue weighted by atomic mass is 9.97. The Balaban J connectivity index is 2.22. The van der Waals surface area contributed by atoms with Crippen molar-refractivity contribution in [3.8, 4) is 0 Å². The Kier molecular flexibility index (Phi) is 4.73. The van der Waals surface area contributed by atoms with Crippen LogP contribution in [0.2, 0.25) is 0 Å². The number of carbonyl (C=O) groups excluding carboxylic acids is 2. The van der Waals surface area contributed by atoms with Crippen molar-refractivity contribution in [3.63, 3.8) is 0 Å². The van der Waals surface area contributed by atoms with E-state index >= 15 is 0 Å². The van der Waals surface area contributed by atoms with Crippen LogP contribution in [-0.2, 0) is 25.0 Å². The van der Waals surface area contributed by atoms with Crippen LogP contribution in [0.25, 0.3) is 0 Å². The normalized spacial score (nSPS) is 15.6. The van der Waals surface area contributed by atoms with Crippen LogP contribution in [0.5, 0.6) is 0 Å². The molecule has 0 aliphatic carbocycles. The van der Waals surface area contributed by atoms with Gasteiger partial charge in [0.05, 0.1) is 11.3 Å². The van der Waals surface area contributed by atoms with Crippen LogP contribution in [0.1, 0.15) is 46.6 Å². The van der Waals surface area contributed by atoms with Crippen LogP contribution in [-0.4, -0.2) is 17.4 Å². The van der Waals surface area contributed by atoms with Gasteiger partial charge in [0.1, 0.15) is 5.60 Å². The van der Waals surface area contributed by atoms with Crippen molar-refractivity contribution in [3.05, 3.63) is 42.0 Å². The summed E-state index contributed by atoms with van der Waals surface area (Å²) in [6.45, 7) is 9.68. The van der Waals surface area contributed by atoms with Gasteiger partial charge in [-0.1, -0.05) is 19.1 Å². The number of rotatable bonds is 6. The van der Waals surface area contributed by atoms with Crippen LogP contribution >= 0.6 is 0 Å². The molecule has 0 radical (unpaired) electrons. The largest absolute Gasteiger partial charge is 0.269 e. The zero-order valence-electron chi connectivity index (χ0n) is 14.3. The van der Waals surface area contributed by atoms with E-state index < -0.39 is 5.60 Å². The predicted molar refractivity (Wildman–Crippen MR) is 87.6 cm³/mol. The highest BCUT2D eigenvalue weighted by molar-refractivity contribution is 6.28. The van der Waals surface area contributed by atoms with Gasteiger partial charge in [0.2, 0.25) is 0 Å². The van der Waals surface area contributed by atoms with Gasteiger partial charge in [-0.25, -0.2) is 14.7 Å². The summed E-state index contributed by atoms with van der Waals surface area (Å²) in [5, 5.41) is 0. The highest BCUT2D eigenvalue weighted by atomic mass is 17.2. The molecule has 1 aliphatic heterocycles. The first-order chi connectivity index (χ1) is 10.7. The van der Waals surface area contributed by atoms with Crippen molar-refractivity contribution < 1.29 is 19.4 Å². The summed E-state index contributed by atoms with van der Waals surface area (Å²) in [6, 6.07) is 7.16. The Morgan fingerprint density at radius 2 is 1.61 bits per heavy atom. The highest BCUT2D eigenvalue weighted by Crippen LogP contribution is 2.31. The van der Waals surface area contributed by atoms with Crippen molar-refractivity contribution >= 4 is 17.5 Å². The van der Waals surface area contributed by atoms with Crippen LogP contribution in [0, 0.1) is 0 Å². The van der Waals surface area contributed by atoms with Gasteiger partial charge >= 0.3 is 0 Å². The van der Waals surface area contributed by atoms with Gasteiger partial charge in [-0.3, -0.25) is 9.59 Å². The number of hydrogen-bond acceptors (Lipinski definition) is 4. The SMILES string of the molecule is CCC(C)(C)OOC(C)(C)c1cccc(N2C(=O)C=CC2=O)c1. The minimum atomic E-state index is -0.721. The van der Waals surface area contributed by atoms with E-state index in [0.717, 1.165) is 16.9 Å². The van der Waals surface area contributed by atoms with E-state index in [0.29, 0.717) is 5.69 Å². The van der Waals surface area contributed by atoms with Gasteiger partial charge in [0.15, 0.2) is 0 Å². The molecule has 0 fully saturated rings. The van der Waals surface area contributed by atoms with Gasteiger partial charge in [0, 0.05) is 12.2 Å². The Morgan fingerprint density at radius 1 is 1.00 bits per heavy atom. The minimum Gasteiger partial charge on any atom is -0.269 e. The zero-order valence-corrected chi connectivity index (χ0v) is 14.3. The Bertz CT molecular complexity index is 628. The van der Waals surface area contributed by atoms with Crippen molar-refractivity contribution in [2.75, 3.05) is 4.90 Å². The second-order valence-electron chi connectivity index (χ2n) is 6.69. The van der Waals surface area contributed by atoms with Crippen LogP contribution < -0.4 is 4.90 Å². The van der Waals surface area contributed by atoms with Crippen LogP contribution in [0.15, 0.2) is 36.4 Å². The monoisotopic (exact) mass is 317 g/mol. The molecule has 2 amide bonds. The summed E-state index contributed by atoms with van der Waals surface area (Å²) in [5.41, 5.74) is 0.227. The molecule has 5 nitrogen and oxygen atoms in total. The van der Waals surface area contributed by atoms with E-state index in [1.165, 1.54) is 12.2 Å². The van der Waals surface area contributed by atoms with Gasteiger partial charge in [0.25, 0.3) is 11.8 Å². The summed E-state index contributed by atoms with van der Waals surface area (Å²) in [7, 11) is 0. The molecule has 0 saturated heterocycles. The first kappa shape index (κ1) is 17.4. The third-order valence-electron chi connectivity index (χ3n) is 3.94. The number of benzene rings is 1. The second-order valence-corrected chi connectivity index (χ2v) is 6.69. The maximum atomic E-state index is 11.8. The molecule has 0 N–H and O–H groups in total. The Labute approximate surface area is 136 Å². The van der Waals surface area contributed by atoms with Crippen molar-refractivity contribution in [2.24, 2.45) is 0 Å². The molecular formula is C18H23NO4. The number of nitrogens with zero attached hydrogens (tertiary/aromatic N) is 1. The molecule has 1 aromatic carbocycles. The average Bonchev–Trinajstić information content (AvgIpc) is 2.85. The quantitative estimate of drug-likeness (QED) is 0.458. The fourth-order valence-corrected chi connectivity index (χ4v) is 2.00. The van der Waals surface area contributed by atoms with E-state index in [-0.39, 0.29) is 17.4 Å². The van der Waals surface area contributed by atoms with E-state index in [9.17, 15) is 9.59 Å². The first-order valence-corrected chi connectivity index (χ1v) is 7.70. The number of carbonyl (C=O) groups is 2. The predicted octanol–water partition coefficient (Wildman–Crippen LogP) is 3.49. The molecular weight excluding hydrogens is 294 g/mol. The fraction of sp³-hybridized carbons (Fsp3) is 0.444. The molecule has 0 atom stereocenters. The molecule has 0 spiro atoms. The number of anilines is 1. The maximum absolute atomic E-state index is 11.8. The molecule has 1 aromatic rings. The smallest absolute Gasteiger partial charge is 0.258 e. The van der Waals surface area contributed by atoms with E-state index in [1.807, 2.05) is 40.7 Å². The summed E-state index contributed by atoms with van der Waals surface area (Å²) >= 11 is 0. The lowest BCUT2D eigenvalue weighted by Gasteiger charge is -2.30. The summed E-state index contributed by atoms with van der Waals surface area (Å²) in [5.74, 6) is -0.677. The minimum absolute atomic E-state index is 0.339. The molecule has 1 heterocycles. The van der Waals surface area contributed by atoms with Crippen molar-refractivity contribution in [1.29, 1.82) is 0 Å². The van der Waals surface area contributed by atoms with Gasteiger partial charge in [-0.15, -0.1) is 0 Å². The van der Waals surface area contributed by atoms with Crippen molar-refractivity contribution in [2.45, 2.75) is 52.2 Å². The first-order valence-electron chi connectivity index (χ1n) is 7.70. The van der Waals surface area contributed by atoms with E-state index in [4.69, 9.17) is 9.78 Å². The Morgan fingerprint density at radius 3 is 2.17 bits per heavy atom. The maximum Gasteiger partial charge on any atom is 0.258 e. The van der Waals surface area contributed by atoms with E-state index in [2.05, 4.69) is 0 Å². The molecule has 0 unspecified atom stereocenters. The summed E-state index contributed by atoms with van der Waals surface area (Å²) in [4.78, 5) is 35.9. The molecule has 0 bridgehead atoms. The highest BCUT2D eigenvalue weighted by Gasteiger charge is 2.30. The molecule has 0 aromatic heterocycles. The molecule has 2 rings (SSSR count). The van der Waals surface area contributed by atoms with Crippen molar-refractivity contribution in [1.82, 2.24) is 0 Å². The lowest BCUT2D eigenvalue weighted by Crippen LogP contribution is -2.32. The molecule has 124 valence electrons. The topological polar surface area (TPSA) is 55.8 Å². The van der Waals surface area contributed by atoms with Gasteiger partial charge in [-0.2, -0.15) is 0 Å². The third-order valence-corrected chi connectivity index (χ3v) is 3.94. The molecule has 23 heavy (non-hydrogen) atoms. The summed E-state index contributed by atoms with van der Waals surface area (Å²) < 4.78 is 0. The number of imide groups is 1. The lowest BCUT2D eigenvalue weighted by molar-refractivity contribution is -0.405. The average molecular weight is 317 g/mol. The van der Waals surface area contributed by atoms with Gasteiger partial charge in [-0.05, 0) is 51.8 Å².